The van der Waals surface area contributed by atoms with Crippen LogP contribution in [-0.4, -0.2) is 13.5 Å². The first-order valence-corrected chi connectivity index (χ1v) is 11.8. The van der Waals surface area contributed by atoms with Gasteiger partial charge in [-0.3, -0.25) is 0 Å². The molecule has 0 saturated heterocycles. The topological polar surface area (TPSA) is 2.70 Å². The van der Waals surface area contributed by atoms with Gasteiger partial charge in [-0.15, -0.1) is 10.9 Å². The molecule has 0 spiro atoms. The maximum Gasteiger partial charge on any atom is 0.414 e. The number of hydrogen-bond acceptors (Lipinski definition) is 0. The summed E-state index contributed by atoms with van der Waals surface area (Å²) in [4.78, 5) is 0. The van der Waals surface area contributed by atoms with Crippen LogP contribution in [0.4, 0.5) is 0 Å². The lowest BCUT2D eigenvalue weighted by Crippen LogP contribution is -2.66. The Labute approximate surface area is 198 Å². The van der Waals surface area contributed by atoms with Gasteiger partial charge in [0, 0.05) is 6.07 Å². The Hall–Kier alpha value is -3.52. The molecule has 0 aliphatic carbocycles. The lowest BCUT2D eigenvalue weighted by atomic mass is 9.25. The van der Waals surface area contributed by atoms with Gasteiger partial charge in [-0.2, -0.15) is 0 Å². The number of aryl methyl sites for hydroxylation is 3. The van der Waals surface area contributed by atoms with E-state index in [4.69, 9.17) is 0 Å². The summed E-state index contributed by atoms with van der Waals surface area (Å²) in [5.41, 5.74) is 11.7. The highest BCUT2D eigenvalue weighted by Crippen LogP contribution is 2.49. The van der Waals surface area contributed by atoms with Crippen molar-refractivity contribution in [3.8, 4) is 5.75 Å². The molecule has 0 saturated carbocycles. The summed E-state index contributed by atoms with van der Waals surface area (Å²) < 4.78 is 3.65. The first kappa shape index (κ1) is 21.3. The molecule has 0 aromatic heterocycles. The van der Waals surface area contributed by atoms with Crippen molar-refractivity contribution in [3.05, 3.63) is 125 Å². The minimum Gasteiger partial charge on any atom is -0.810 e. The second kappa shape index (κ2) is 8.12. The van der Waals surface area contributed by atoms with Crippen LogP contribution in [0.1, 0.15) is 34.7 Å². The van der Waals surface area contributed by atoms with E-state index in [0.717, 1.165) is 0 Å². The van der Waals surface area contributed by atoms with Crippen LogP contribution in [0.2, 0.25) is 0 Å². The standard InChI is InChI=1S/C31H31BO/c1-22-10-16-26(17-11-22)31-25(4)29-8-6-7-9-30(29)33(5)32(31,27-18-12-23(2)13-19-27)28-20-14-24(3)15-21-28/h6-21H,1-5H3. The molecule has 0 unspecified atom stereocenters. The molecule has 0 atom stereocenters. The Morgan fingerprint density at radius 1 is 0.545 bits per heavy atom. The zero-order valence-corrected chi connectivity index (χ0v) is 20.2. The molecule has 4 aromatic carbocycles. The number of hydrogen-bond donors (Lipinski definition) is 0. The third-order valence-electron chi connectivity index (χ3n) is 7.43. The van der Waals surface area contributed by atoms with Gasteiger partial charge in [-0.25, -0.2) is 0 Å². The monoisotopic (exact) mass is 430 g/mol. The maximum absolute atomic E-state index is 3.65. The highest BCUT2D eigenvalue weighted by atomic mass is 16.6. The fourth-order valence-electron chi connectivity index (χ4n) is 5.67. The Kier molecular flexibility index (Phi) is 5.25. The number of benzene rings is 4. The highest BCUT2D eigenvalue weighted by molar-refractivity contribution is 7.12. The predicted molar refractivity (Wildman–Crippen MR) is 144 cm³/mol. The molecule has 1 aliphatic heterocycles. The molecule has 164 valence electrons. The molecule has 0 fully saturated rings. The molecule has 2 heteroatoms. The number of para-hydroxylation sites is 1. The largest absolute Gasteiger partial charge is 0.810 e. The summed E-state index contributed by atoms with van der Waals surface area (Å²) in [6.45, 7) is 8.76. The molecule has 1 heterocycles. The average molecular weight is 430 g/mol. The van der Waals surface area contributed by atoms with E-state index in [9.17, 15) is 0 Å². The second-order valence-corrected chi connectivity index (χ2v) is 9.57. The molecule has 0 amide bonds. The third kappa shape index (κ3) is 3.33. The molecular weight excluding hydrogens is 399 g/mol. The van der Waals surface area contributed by atoms with Gasteiger partial charge in [-0.1, -0.05) is 118 Å². The van der Waals surface area contributed by atoms with Crippen LogP contribution in [0.5, 0.6) is 5.75 Å². The van der Waals surface area contributed by atoms with Crippen molar-refractivity contribution in [2.75, 3.05) is 7.11 Å². The van der Waals surface area contributed by atoms with Crippen molar-refractivity contribution in [1.29, 1.82) is 0 Å². The number of rotatable bonds is 3. The normalized spacial score (nSPS) is 14.9. The smallest absolute Gasteiger partial charge is 0.414 e. The van der Waals surface area contributed by atoms with Gasteiger partial charge in [0.15, 0.2) is 0 Å². The van der Waals surface area contributed by atoms with E-state index in [0.29, 0.717) is 0 Å². The van der Waals surface area contributed by atoms with Crippen LogP contribution in [-0.2, 0) is 4.28 Å². The lowest BCUT2D eigenvalue weighted by molar-refractivity contribution is 0.173. The van der Waals surface area contributed by atoms with Crippen LogP contribution in [0.15, 0.2) is 97.1 Å². The molecule has 0 radical (unpaired) electrons. The third-order valence-corrected chi connectivity index (χ3v) is 7.43. The molecule has 1 nitrogen and oxygen atoms in total. The van der Waals surface area contributed by atoms with Crippen LogP contribution in [0.25, 0.3) is 11.0 Å². The Morgan fingerprint density at radius 2 is 1.00 bits per heavy atom. The summed E-state index contributed by atoms with van der Waals surface area (Å²) in [5.74, 6) is 1.20. The quantitative estimate of drug-likeness (QED) is 0.250. The predicted octanol–water partition coefficient (Wildman–Crippen LogP) is 6.75. The van der Waals surface area contributed by atoms with E-state index in [2.05, 4.69) is 136 Å². The Morgan fingerprint density at radius 3 is 1.52 bits per heavy atom. The van der Waals surface area contributed by atoms with Gasteiger partial charge in [-0.05, 0) is 33.8 Å². The lowest BCUT2D eigenvalue weighted by Gasteiger charge is -2.55. The zero-order chi connectivity index (χ0) is 23.2. The molecule has 0 N–H and O–H groups in total. The van der Waals surface area contributed by atoms with Crippen molar-refractivity contribution >= 4 is 28.3 Å². The van der Waals surface area contributed by atoms with Gasteiger partial charge in [0.2, 0.25) is 5.75 Å². The second-order valence-electron chi connectivity index (χ2n) is 9.57. The van der Waals surface area contributed by atoms with E-state index in [1.54, 1.807) is 0 Å². The number of fused-ring (bicyclic) bond motifs is 1. The first-order valence-electron chi connectivity index (χ1n) is 11.8. The van der Waals surface area contributed by atoms with E-state index < -0.39 is 6.35 Å². The molecule has 33 heavy (non-hydrogen) atoms. The van der Waals surface area contributed by atoms with Gasteiger partial charge >= 0.3 is 6.35 Å². The molecular formula is C31H31BO. The van der Waals surface area contributed by atoms with Crippen LogP contribution in [0, 0.1) is 20.8 Å². The van der Waals surface area contributed by atoms with Crippen LogP contribution >= 0.6 is 0 Å². The van der Waals surface area contributed by atoms with E-state index in [1.807, 2.05) is 0 Å². The minimum atomic E-state index is -1.49. The zero-order valence-electron chi connectivity index (χ0n) is 20.2. The van der Waals surface area contributed by atoms with Crippen LogP contribution < -0.4 is 10.9 Å². The molecule has 5 rings (SSSR count). The molecule has 4 aromatic rings. The summed E-state index contributed by atoms with van der Waals surface area (Å²) in [6, 6.07) is 36.0. The summed E-state index contributed by atoms with van der Waals surface area (Å²) in [6.07, 6.45) is -1.49. The van der Waals surface area contributed by atoms with Crippen molar-refractivity contribution < 1.29 is 4.28 Å². The van der Waals surface area contributed by atoms with Gasteiger partial charge < -0.3 is 4.28 Å². The maximum atomic E-state index is 3.65. The SMILES string of the molecule is CC1=C(c2ccc(C)cc2)[B-](c2ccc(C)cc2)(c2ccc(C)cc2)[O+](C)c2ccccc21. The first-order chi connectivity index (χ1) is 15.9. The summed E-state index contributed by atoms with van der Waals surface area (Å²) in [7, 11) is 2.19. The van der Waals surface area contributed by atoms with Crippen LogP contribution in [0.3, 0.4) is 0 Å². The van der Waals surface area contributed by atoms with E-state index in [-0.39, 0.29) is 0 Å². The average Bonchev–Trinajstić information content (AvgIpc) is 2.83. The number of allylic oxidation sites excluding steroid dienone is 1. The van der Waals surface area contributed by atoms with E-state index in [1.165, 1.54) is 55.5 Å². The Bertz CT molecular complexity index is 1280. The van der Waals surface area contributed by atoms with Crippen molar-refractivity contribution in [2.24, 2.45) is 0 Å². The van der Waals surface area contributed by atoms with Gasteiger partial charge in [0.25, 0.3) is 0 Å². The minimum absolute atomic E-state index is 1.20. The summed E-state index contributed by atoms with van der Waals surface area (Å²) in [5, 5.41) is 0. The fourth-order valence-corrected chi connectivity index (χ4v) is 5.67. The highest BCUT2D eigenvalue weighted by Gasteiger charge is 2.50. The molecule has 1 aliphatic rings. The van der Waals surface area contributed by atoms with Crippen molar-refractivity contribution in [2.45, 2.75) is 27.7 Å². The Balaban J connectivity index is 1.95. The van der Waals surface area contributed by atoms with Crippen molar-refractivity contribution in [3.63, 3.8) is 0 Å². The van der Waals surface area contributed by atoms with E-state index >= 15 is 0 Å². The molecule has 0 bridgehead atoms. The van der Waals surface area contributed by atoms with Gasteiger partial charge in [0.05, 0.1) is 5.56 Å². The fraction of sp³-hybridized carbons (Fsp3) is 0.161. The van der Waals surface area contributed by atoms with Gasteiger partial charge in [0.1, 0.15) is 7.11 Å². The van der Waals surface area contributed by atoms with Crippen molar-refractivity contribution in [1.82, 2.24) is 0 Å². The summed E-state index contributed by atoms with van der Waals surface area (Å²) >= 11 is 0.